The van der Waals surface area contributed by atoms with Crippen LogP contribution in [0.3, 0.4) is 0 Å². The molecule has 0 aliphatic carbocycles. The van der Waals surface area contributed by atoms with E-state index in [4.69, 9.17) is 10.5 Å². The van der Waals surface area contributed by atoms with Gasteiger partial charge >= 0.3 is 0 Å². The number of hydrogen-bond donors (Lipinski definition) is 1. The van der Waals surface area contributed by atoms with E-state index in [9.17, 15) is 4.79 Å². The van der Waals surface area contributed by atoms with Gasteiger partial charge in [0.2, 0.25) is 0 Å². The summed E-state index contributed by atoms with van der Waals surface area (Å²) in [5.41, 5.74) is 6.70. The molecule has 104 valence electrons. The van der Waals surface area contributed by atoms with Gasteiger partial charge < -0.3 is 15.4 Å². The Morgan fingerprint density at radius 2 is 2.21 bits per heavy atom. The fourth-order valence-corrected chi connectivity index (χ4v) is 2.36. The molecule has 1 aliphatic heterocycles. The van der Waals surface area contributed by atoms with Crippen LogP contribution in [0.15, 0.2) is 24.3 Å². The third kappa shape index (κ3) is 3.26. The predicted molar refractivity (Wildman–Crippen MR) is 75.1 cm³/mol. The van der Waals surface area contributed by atoms with E-state index >= 15 is 0 Å². The minimum atomic E-state index is -0.374. The highest BCUT2D eigenvalue weighted by Gasteiger charge is 2.31. The molecule has 0 saturated heterocycles. The lowest BCUT2D eigenvalue weighted by Crippen LogP contribution is -2.44. The Bertz CT molecular complexity index is 409. The Hall–Kier alpha value is -1.55. The standard InChI is InChI=1S/C15H22N2O2/c1-2-3-9-17(10-8-16)15(18)14-11-12-6-4-5-7-13(12)19-14/h4-7,14H,2-3,8-11,16H2,1H3. The van der Waals surface area contributed by atoms with Gasteiger partial charge in [-0.15, -0.1) is 0 Å². The Morgan fingerprint density at radius 3 is 2.89 bits per heavy atom. The summed E-state index contributed by atoms with van der Waals surface area (Å²) in [7, 11) is 0. The normalized spacial score (nSPS) is 16.8. The van der Waals surface area contributed by atoms with Crippen LogP contribution < -0.4 is 10.5 Å². The van der Waals surface area contributed by atoms with Crippen molar-refractivity contribution in [1.82, 2.24) is 4.90 Å². The molecule has 4 nitrogen and oxygen atoms in total. The molecule has 2 rings (SSSR count). The molecular weight excluding hydrogens is 240 g/mol. The molecule has 0 radical (unpaired) electrons. The Morgan fingerprint density at radius 1 is 1.42 bits per heavy atom. The summed E-state index contributed by atoms with van der Waals surface area (Å²) in [5, 5.41) is 0. The van der Waals surface area contributed by atoms with Gasteiger partial charge in [-0.05, 0) is 18.1 Å². The molecule has 0 aromatic heterocycles. The molecule has 2 N–H and O–H groups in total. The SMILES string of the molecule is CCCCN(CCN)C(=O)C1Cc2ccccc2O1. The van der Waals surface area contributed by atoms with E-state index in [1.807, 2.05) is 29.2 Å². The molecule has 1 aromatic carbocycles. The number of fused-ring (bicyclic) bond motifs is 1. The van der Waals surface area contributed by atoms with Crippen LogP contribution in [0, 0.1) is 0 Å². The molecule has 0 spiro atoms. The fourth-order valence-electron chi connectivity index (χ4n) is 2.36. The van der Waals surface area contributed by atoms with Crippen LogP contribution in [0.4, 0.5) is 0 Å². The first kappa shape index (κ1) is 13.9. The van der Waals surface area contributed by atoms with Gasteiger partial charge in [0.05, 0.1) is 0 Å². The Labute approximate surface area is 114 Å². The number of carbonyl (C=O) groups excluding carboxylic acids is 1. The van der Waals surface area contributed by atoms with Crippen molar-refractivity contribution >= 4 is 5.91 Å². The molecule has 0 bridgehead atoms. The second kappa shape index (κ2) is 6.57. The molecule has 0 fully saturated rings. The van der Waals surface area contributed by atoms with Gasteiger partial charge in [0, 0.05) is 26.1 Å². The van der Waals surface area contributed by atoms with Crippen molar-refractivity contribution in [3.05, 3.63) is 29.8 Å². The predicted octanol–water partition coefficient (Wildman–Crippen LogP) is 1.58. The smallest absolute Gasteiger partial charge is 0.264 e. The average Bonchev–Trinajstić information content (AvgIpc) is 2.86. The van der Waals surface area contributed by atoms with Crippen molar-refractivity contribution in [3.63, 3.8) is 0 Å². The summed E-state index contributed by atoms with van der Waals surface area (Å²) in [6, 6.07) is 7.84. The molecule has 1 atom stereocenters. The maximum absolute atomic E-state index is 12.5. The van der Waals surface area contributed by atoms with Gasteiger partial charge in [-0.25, -0.2) is 0 Å². The van der Waals surface area contributed by atoms with Crippen LogP contribution in [0.2, 0.25) is 0 Å². The van der Waals surface area contributed by atoms with Gasteiger partial charge in [-0.2, -0.15) is 0 Å². The molecule has 1 heterocycles. The van der Waals surface area contributed by atoms with Crippen molar-refractivity contribution in [2.75, 3.05) is 19.6 Å². The van der Waals surface area contributed by atoms with E-state index in [2.05, 4.69) is 6.92 Å². The van der Waals surface area contributed by atoms with Crippen LogP contribution in [0.5, 0.6) is 5.75 Å². The molecule has 4 heteroatoms. The number of para-hydroxylation sites is 1. The van der Waals surface area contributed by atoms with Crippen LogP contribution in [-0.2, 0) is 11.2 Å². The number of unbranched alkanes of at least 4 members (excludes halogenated alkanes) is 1. The average molecular weight is 262 g/mol. The largest absolute Gasteiger partial charge is 0.480 e. The third-order valence-corrected chi connectivity index (χ3v) is 3.41. The van der Waals surface area contributed by atoms with Crippen LogP contribution in [-0.4, -0.2) is 36.5 Å². The first-order chi connectivity index (χ1) is 9.26. The quantitative estimate of drug-likeness (QED) is 0.846. The maximum Gasteiger partial charge on any atom is 0.264 e. The minimum absolute atomic E-state index is 0.0649. The lowest BCUT2D eigenvalue weighted by Gasteiger charge is -2.24. The molecular formula is C15H22N2O2. The number of hydrogen-bond acceptors (Lipinski definition) is 3. The number of rotatable bonds is 6. The van der Waals surface area contributed by atoms with Gasteiger partial charge in [0.1, 0.15) is 5.75 Å². The second-order valence-electron chi connectivity index (χ2n) is 4.89. The first-order valence-corrected chi connectivity index (χ1v) is 6.99. The number of nitrogens with two attached hydrogens (primary N) is 1. The third-order valence-electron chi connectivity index (χ3n) is 3.41. The van der Waals surface area contributed by atoms with Gasteiger partial charge in [0.15, 0.2) is 6.10 Å². The van der Waals surface area contributed by atoms with Crippen LogP contribution in [0.25, 0.3) is 0 Å². The van der Waals surface area contributed by atoms with Gasteiger partial charge in [-0.1, -0.05) is 31.5 Å². The van der Waals surface area contributed by atoms with Crippen LogP contribution in [0.1, 0.15) is 25.3 Å². The maximum atomic E-state index is 12.5. The monoisotopic (exact) mass is 262 g/mol. The van der Waals surface area contributed by atoms with Crippen molar-refractivity contribution < 1.29 is 9.53 Å². The topological polar surface area (TPSA) is 55.6 Å². The Kier molecular flexibility index (Phi) is 4.80. The van der Waals surface area contributed by atoms with Crippen LogP contribution >= 0.6 is 0 Å². The van der Waals surface area contributed by atoms with E-state index in [1.165, 1.54) is 0 Å². The summed E-state index contributed by atoms with van der Waals surface area (Å²) in [6.45, 7) is 3.99. The molecule has 1 aromatic rings. The van der Waals surface area contributed by atoms with E-state index in [1.54, 1.807) is 0 Å². The van der Waals surface area contributed by atoms with Gasteiger partial charge in [0.25, 0.3) is 5.91 Å². The molecule has 19 heavy (non-hydrogen) atoms. The van der Waals surface area contributed by atoms with E-state index in [0.29, 0.717) is 19.5 Å². The summed E-state index contributed by atoms with van der Waals surface area (Å²) in [6.07, 6.45) is 2.37. The van der Waals surface area contributed by atoms with Crippen molar-refractivity contribution in [2.45, 2.75) is 32.3 Å². The highest BCUT2D eigenvalue weighted by atomic mass is 16.5. The summed E-state index contributed by atoms with van der Waals surface area (Å²) >= 11 is 0. The zero-order chi connectivity index (χ0) is 13.7. The molecule has 1 unspecified atom stereocenters. The summed E-state index contributed by atoms with van der Waals surface area (Å²) < 4.78 is 5.74. The molecule has 0 saturated carbocycles. The second-order valence-corrected chi connectivity index (χ2v) is 4.89. The number of carbonyl (C=O) groups is 1. The zero-order valence-electron chi connectivity index (χ0n) is 11.5. The molecule has 1 amide bonds. The lowest BCUT2D eigenvalue weighted by molar-refractivity contribution is -0.137. The number of benzene rings is 1. The molecule has 1 aliphatic rings. The lowest BCUT2D eigenvalue weighted by atomic mass is 10.1. The van der Waals surface area contributed by atoms with Crippen molar-refractivity contribution in [2.24, 2.45) is 5.73 Å². The highest BCUT2D eigenvalue weighted by Crippen LogP contribution is 2.28. The first-order valence-electron chi connectivity index (χ1n) is 6.99. The van der Waals surface area contributed by atoms with Crippen molar-refractivity contribution in [3.8, 4) is 5.75 Å². The summed E-state index contributed by atoms with van der Waals surface area (Å²) in [4.78, 5) is 14.3. The number of ether oxygens (including phenoxy) is 1. The zero-order valence-corrected chi connectivity index (χ0v) is 11.5. The van der Waals surface area contributed by atoms with E-state index in [-0.39, 0.29) is 12.0 Å². The fraction of sp³-hybridized carbons (Fsp3) is 0.533. The highest BCUT2D eigenvalue weighted by molar-refractivity contribution is 5.82. The Balaban J connectivity index is 1.99. The number of amides is 1. The number of nitrogens with zero attached hydrogens (tertiary/aromatic N) is 1. The summed E-state index contributed by atoms with van der Waals surface area (Å²) in [5.74, 6) is 0.902. The van der Waals surface area contributed by atoms with E-state index < -0.39 is 0 Å². The van der Waals surface area contributed by atoms with Crippen molar-refractivity contribution in [1.29, 1.82) is 0 Å². The minimum Gasteiger partial charge on any atom is -0.480 e. The van der Waals surface area contributed by atoms with E-state index in [0.717, 1.165) is 30.7 Å². The van der Waals surface area contributed by atoms with Gasteiger partial charge in [-0.3, -0.25) is 4.79 Å².